The number of benzene rings is 6. The summed E-state index contributed by atoms with van der Waals surface area (Å²) in [5.41, 5.74) is -1.47. The molecule has 0 aliphatic heterocycles. The lowest BCUT2D eigenvalue weighted by Crippen LogP contribution is -2.67. The number of nitro groups is 1. The molecule has 1 N–H and O–H groups in total. The van der Waals surface area contributed by atoms with Crippen molar-refractivity contribution in [2.45, 2.75) is 109 Å². The molecule has 0 unspecified atom stereocenters. The average Bonchev–Trinajstić information content (AvgIpc) is 3.61. The van der Waals surface area contributed by atoms with Crippen molar-refractivity contribution >= 4 is 79.7 Å². The summed E-state index contributed by atoms with van der Waals surface area (Å²) >= 11 is 7.29. The lowest BCUT2D eigenvalue weighted by Gasteiger charge is -2.43. The van der Waals surface area contributed by atoms with Gasteiger partial charge in [-0.1, -0.05) is 130 Å². The molecule has 6 aromatic carbocycles. The van der Waals surface area contributed by atoms with E-state index >= 15 is 8.78 Å². The van der Waals surface area contributed by atoms with Crippen molar-refractivity contribution in [1.82, 2.24) is 18.7 Å². The molecule has 15 nitrogen and oxygen atoms in total. The highest BCUT2D eigenvalue weighted by atomic mass is 35.5. The highest BCUT2D eigenvalue weighted by Gasteiger charge is 2.52. The first-order valence-corrected chi connectivity index (χ1v) is 30.0. The molecule has 0 spiro atoms. The van der Waals surface area contributed by atoms with E-state index in [0.717, 1.165) is 22.5 Å². The van der Waals surface area contributed by atoms with Gasteiger partial charge in [0.1, 0.15) is 22.9 Å². The van der Waals surface area contributed by atoms with Crippen LogP contribution in [0.5, 0.6) is 5.75 Å². The van der Waals surface area contributed by atoms with Crippen LogP contribution in [-0.4, -0.2) is 82.2 Å². The van der Waals surface area contributed by atoms with Crippen LogP contribution in [-0.2, 0) is 52.2 Å². The fourth-order valence-corrected chi connectivity index (χ4v) is 16.9. The number of aromatic nitrogens is 3. The number of alkyl halides is 2. The molecule has 0 saturated heterocycles. The van der Waals surface area contributed by atoms with Crippen molar-refractivity contribution in [2.75, 3.05) is 13.2 Å². The topological polar surface area (TPSA) is 185 Å². The monoisotopic (exact) mass is 1170 g/mol. The number of hydrogen-bond donors (Lipinski definition) is 1. The van der Waals surface area contributed by atoms with E-state index in [0.29, 0.717) is 31.9 Å². The van der Waals surface area contributed by atoms with E-state index in [-0.39, 0.29) is 64.5 Å². The van der Waals surface area contributed by atoms with Crippen LogP contribution in [0.1, 0.15) is 88.7 Å². The first-order valence-electron chi connectivity index (χ1n) is 26.3. The van der Waals surface area contributed by atoms with Gasteiger partial charge in [-0.05, 0) is 103 Å². The van der Waals surface area contributed by atoms with E-state index in [1.165, 1.54) is 60.4 Å². The van der Waals surface area contributed by atoms with Crippen molar-refractivity contribution in [3.8, 4) is 16.9 Å². The number of hydrogen-bond acceptors (Lipinski definition) is 10. The molecular formula is C60H63ClF3N5O10SSi. The third kappa shape index (κ3) is 12.2. The maximum Gasteiger partial charge on any atom is 0.424 e. The number of carbonyl (C=O) groups is 2. The van der Waals surface area contributed by atoms with Crippen molar-refractivity contribution in [1.29, 1.82) is 0 Å². The Morgan fingerprint density at radius 3 is 2.09 bits per heavy atom. The zero-order chi connectivity index (χ0) is 58.8. The molecule has 0 aliphatic rings. The van der Waals surface area contributed by atoms with Gasteiger partial charge < -0.3 is 23.6 Å². The molecule has 81 heavy (non-hydrogen) atoms. The molecule has 2 heterocycles. The van der Waals surface area contributed by atoms with Crippen LogP contribution in [0.2, 0.25) is 10.1 Å². The first-order chi connectivity index (χ1) is 38.2. The highest BCUT2D eigenvalue weighted by Crippen LogP contribution is 2.45. The van der Waals surface area contributed by atoms with Crippen LogP contribution in [0.4, 0.5) is 23.7 Å². The van der Waals surface area contributed by atoms with E-state index in [9.17, 15) is 37.6 Å². The number of para-hydroxylation sites is 1. The molecule has 0 radical (unpaired) electrons. The molecule has 0 fully saturated rings. The fourth-order valence-electron chi connectivity index (χ4n) is 10.6. The van der Waals surface area contributed by atoms with Crippen molar-refractivity contribution < 1.29 is 55.1 Å². The minimum atomic E-state index is -5.13. The number of halogens is 4. The van der Waals surface area contributed by atoms with Gasteiger partial charge in [-0.3, -0.25) is 14.8 Å². The largest absolute Gasteiger partial charge is 0.493 e. The summed E-state index contributed by atoms with van der Waals surface area (Å²) in [4.78, 5) is 38.7. The summed E-state index contributed by atoms with van der Waals surface area (Å²) < 4.78 is 99.7. The second-order valence-corrected chi connectivity index (χ2v) is 28.2. The Hall–Kier alpha value is -7.52. The summed E-state index contributed by atoms with van der Waals surface area (Å²) in [6, 6.07) is 35.7. The van der Waals surface area contributed by atoms with Gasteiger partial charge in [-0.15, -0.1) is 0 Å². The predicted octanol–water partition coefficient (Wildman–Crippen LogP) is 12.9. The van der Waals surface area contributed by atoms with Crippen LogP contribution in [0.15, 0.2) is 138 Å². The number of carboxylic acids is 1. The second-order valence-electron chi connectivity index (χ2n) is 21.7. The number of aromatic carboxylic acids is 1. The summed E-state index contributed by atoms with van der Waals surface area (Å²) in [6.07, 6.45) is -1.86. The van der Waals surface area contributed by atoms with Gasteiger partial charge in [-0.25, -0.2) is 31.2 Å². The van der Waals surface area contributed by atoms with Gasteiger partial charge in [-0.2, -0.15) is 9.40 Å². The van der Waals surface area contributed by atoms with Gasteiger partial charge in [0.15, 0.2) is 4.90 Å². The van der Waals surface area contributed by atoms with Gasteiger partial charge in [0.25, 0.3) is 30.0 Å². The minimum Gasteiger partial charge on any atom is -0.493 e. The third-order valence-corrected chi connectivity index (χ3v) is 21.1. The van der Waals surface area contributed by atoms with E-state index in [1.54, 1.807) is 44.3 Å². The quantitative estimate of drug-likeness (QED) is 0.0312. The number of carboxylic acid groups (broad SMARTS) is 1. The Morgan fingerprint density at radius 1 is 0.852 bits per heavy atom. The Labute approximate surface area is 474 Å². The lowest BCUT2D eigenvalue weighted by molar-refractivity contribution is -0.387. The van der Waals surface area contributed by atoms with Crippen LogP contribution in [0.25, 0.3) is 32.8 Å². The third-order valence-electron chi connectivity index (χ3n) is 14.1. The number of rotatable bonds is 21. The number of fused-ring (bicyclic) bond motifs is 2. The van der Waals surface area contributed by atoms with E-state index < -0.39 is 94.4 Å². The van der Waals surface area contributed by atoms with Crippen LogP contribution < -0.4 is 15.1 Å². The number of nitrogens with zero attached hydrogens (tertiary/aromatic N) is 5. The molecule has 426 valence electrons. The normalized spacial score (nSPS) is 12.5. The van der Waals surface area contributed by atoms with E-state index in [1.807, 2.05) is 81.4 Å². The first kappa shape index (κ1) is 59.6. The summed E-state index contributed by atoms with van der Waals surface area (Å²) in [6.45, 7) is 9.76. The smallest absolute Gasteiger partial charge is 0.424 e. The van der Waals surface area contributed by atoms with Crippen molar-refractivity contribution in [3.63, 3.8) is 0 Å². The van der Waals surface area contributed by atoms with Crippen LogP contribution >= 0.6 is 11.6 Å². The highest BCUT2D eigenvalue weighted by molar-refractivity contribution is 7.89. The number of sulfonamides is 1. The van der Waals surface area contributed by atoms with Gasteiger partial charge in [0, 0.05) is 53.7 Å². The summed E-state index contributed by atoms with van der Waals surface area (Å²) in [7, 11) is -7.06. The Bertz CT molecular complexity index is 3730. The Balaban J connectivity index is 1.28. The molecule has 0 aliphatic carbocycles. The molecule has 0 bridgehead atoms. The Morgan fingerprint density at radius 2 is 1.48 bits per heavy atom. The zero-order valence-electron chi connectivity index (χ0n) is 46.1. The van der Waals surface area contributed by atoms with Crippen molar-refractivity contribution in [2.24, 2.45) is 7.05 Å². The summed E-state index contributed by atoms with van der Waals surface area (Å²) in [5.74, 6) is -4.98. The maximum atomic E-state index is 17.2. The molecule has 0 atom stereocenters. The predicted molar refractivity (Wildman–Crippen MR) is 308 cm³/mol. The summed E-state index contributed by atoms with van der Waals surface area (Å²) in [5, 5.41) is 30.8. The molecule has 1 amide bonds. The average molecular weight is 1170 g/mol. The Kier molecular flexibility index (Phi) is 17.3. The van der Waals surface area contributed by atoms with Crippen LogP contribution in [0.3, 0.4) is 0 Å². The van der Waals surface area contributed by atoms with E-state index in [4.69, 9.17) is 30.6 Å². The maximum absolute atomic E-state index is 17.2. The SMILES string of the molecule is CCc1c(-c2c(Cl)ccc3c(CCCOc4cccc5cc(F)ccc45)c(C(=O)O)n(CCC(F)(F)CO[Si](c4ccccc4)(c4ccccc4)C(C)(C)C)c23)c(CN(C(=O)OC(C)(C)C)S(=O)(=O)c2ccccc2[N+](=O)[O-])nn1C. The van der Waals surface area contributed by atoms with E-state index in [2.05, 4.69) is 0 Å². The molecule has 0 saturated carbocycles. The fraction of sp³-hybridized carbons (Fsp3) is 0.317. The number of nitro benzene ring substituents is 1. The molecule has 2 aromatic heterocycles. The molecule has 8 aromatic rings. The van der Waals surface area contributed by atoms with Crippen molar-refractivity contribution in [3.05, 3.63) is 177 Å². The minimum absolute atomic E-state index is 0.00318. The molecule has 21 heteroatoms. The standard InChI is InChI=1S/C60H63ClF3N5O10SSi/c1-9-48-53(47(65-66(48)8)37-68(57(72)79-58(2,3)4)80(75,76)51-28-17-16-26-49(51)69(73)74)52-46(61)32-31-45-44(25-19-35-77-50-27-18-20-39-36-40(62)29-30-43(39)50)55(56(70)71)67(54(45)52)34-33-60(63,64)38-78-81(59(5,6)7,41-21-12-10-13-22-41)42-23-14-11-15-24-42/h10-18,20-24,26-32,36H,9,19,25,33-35,37-38H2,1-8H3,(H,70,71). The van der Waals surface area contributed by atoms with Gasteiger partial charge >= 0.3 is 12.1 Å². The zero-order valence-corrected chi connectivity index (χ0v) is 48.7. The number of aryl methyl sites for hydroxylation is 3. The van der Waals surface area contributed by atoms with Crippen LogP contribution in [0, 0.1) is 15.9 Å². The number of carbonyl (C=O) groups excluding carboxylic acids is 1. The second kappa shape index (κ2) is 23.5. The molecular weight excluding hydrogens is 1100 g/mol. The van der Waals surface area contributed by atoms with Gasteiger partial charge in [0.2, 0.25) is 0 Å². The number of ether oxygens (including phenoxy) is 2. The number of amides is 1. The lowest BCUT2D eigenvalue weighted by atomic mass is 9.97. The van der Waals surface area contributed by atoms with Gasteiger partial charge in [0.05, 0.1) is 40.9 Å². The molecule has 8 rings (SSSR count).